The highest BCUT2D eigenvalue weighted by atomic mass is 19.1. The van der Waals surface area contributed by atoms with Crippen LogP contribution in [0.4, 0.5) is 15.9 Å². The largest absolute Gasteiger partial charge is 0.496 e. The SMILES string of the molecule is COc1cc2ncnc(Nc3ccc4c(cnn4Cc4cccc(F)c4)c3)c2cc1CC(=O)/C=C/CN1C[C@@H]2OCCO[C@@H]2C1. The summed E-state index contributed by atoms with van der Waals surface area (Å²) >= 11 is 0. The van der Waals surface area contributed by atoms with E-state index >= 15 is 0 Å². The standard InChI is InChI=1S/C34H33FN6O4/c1-43-31-16-29-28(15-23(31)14-27(42)6-3-9-40-19-32-33(20-40)45-11-10-44-32)34(37-21-36-29)39-26-7-8-30-24(13-26)17-38-41(30)18-22-4-2-5-25(35)12-22/h2-8,12-13,15-17,21,32-33H,9-11,14,18-20H2,1H3,(H,36,37,39)/b6-3+/t32-,33+. The Kier molecular flexibility index (Phi) is 8.21. The summed E-state index contributed by atoms with van der Waals surface area (Å²) in [5.41, 5.74) is 4.03. The Balaban J connectivity index is 1.06. The topological polar surface area (TPSA) is 104 Å². The monoisotopic (exact) mass is 608 g/mol. The summed E-state index contributed by atoms with van der Waals surface area (Å²) in [6, 6.07) is 16.2. The predicted molar refractivity (Wildman–Crippen MR) is 168 cm³/mol. The molecule has 2 aliphatic rings. The van der Waals surface area contributed by atoms with Crippen LogP contribution in [0.3, 0.4) is 0 Å². The van der Waals surface area contributed by atoms with Crippen molar-refractivity contribution in [3.05, 3.63) is 96.2 Å². The lowest BCUT2D eigenvalue weighted by atomic mass is 10.0. The molecule has 2 atom stereocenters. The van der Waals surface area contributed by atoms with Crippen molar-refractivity contribution in [1.82, 2.24) is 24.6 Å². The Morgan fingerprint density at radius 1 is 1.09 bits per heavy atom. The van der Waals surface area contributed by atoms with Crippen LogP contribution < -0.4 is 10.1 Å². The number of hydrogen-bond donors (Lipinski definition) is 1. The molecule has 230 valence electrons. The number of carbonyl (C=O) groups is 1. The molecule has 2 saturated heterocycles. The average molecular weight is 609 g/mol. The van der Waals surface area contributed by atoms with Crippen LogP contribution in [0.25, 0.3) is 21.8 Å². The summed E-state index contributed by atoms with van der Waals surface area (Å²) in [4.78, 5) is 24.2. The molecule has 7 rings (SSSR count). The number of fused-ring (bicyclic) bond motifs is 3. The first-order chi connectivity index (χ1) is 22.0. The van der Waals surface area contributed by atoms with E-state index in [0.717, 1.165) is 46.2 Å². The van der Waals surface area contributed by atoms with E-state index in [1.54, 1.807) is 25.4 Å². The Labute approximate surface area is 259 Å². The summed E-state index contributed by atoms with van der Waals surface area (Å²) < 4.78 is 32.7. The van der Waals surface area contributed by atoms with Gasteiger partial charge in [-0.1, -0.05) is 18.2 Å². The zero-order chi connectivity index (χ0) is 30.8. The Morgan fingerprint density at radius 3 is 2.73 bits per heavy atom. The third kappa shape index (κ3) is 6.41. The third-order valence-electron chi connectivity index (χ3n) is 8.23. The molecule has 11 heteroatoms. The lowest BCUT2D eigenvalue weighted by Gasteiger charge is -2.24. The predicted octanol–water partition coefficient (Wildman–Crippen LogP) is 4.69. The zero-order valence-corrected chi connectivity index (χ0v) is 24.9. The molecular formula is C34H33FN6O4. The van der Waals surface area contributed by atoms with Gasteiger partial charge in [0.1, 0.15) is 23.7 Å². The molecule has 1 N–H and O–H groups in total. The first kappa shape index (κ1) is 29.0. The lowest BCUT2D eigenvalue weighted by Crippen LogP contribution is -2.36. The number of nitrogens with one attached hydrogen (secondary N) is 1. The second-order valence-electron chi connectivity index (χ2n) is 11.3. The van der Waals surface area contributed by atoms with Gasteiger partial charge in [0, 0.05) is 54.1 Å². The van der Waals surface area contributed by atoms with Gasteiger partial charge in [-0.05, 0) is 48.0 Å². The number of ether oxygens (including phenoxy) is 3. The fraction of sp³-hybridized carbons (Fsp3) is 0.294. The first-order valence-electron chi connectivity index (χ1n) is 15.0. The van der Waals surface area contributed by atoms with Gasteiger partial charge in [0.25, 0.3) is 0 Å². The molecule has 0 aliphatic carbocycles. The number of carbonyl (C=O) groups excluding carboxylic acids is 1. The number of nitrogens with zero attached hydrogens (tertiary/aromatic N) is 5. The summed E-state index contributed by atoms with van der Waals surface area (Å²) in [6.45, 7) is 4.02. The van der Waals surface area contributed by atoms with Crippen molar-refractivity contribution >= 4 is 39.1 Å². The highest BCUT2D eigenvalue weighted by molar-refractivity contribution is 5.96. The maximum absolute atomic E-state index is 13.7. The van der Waals surface area contributed by atoms with Gasteiger partial charge >= 0.3 is 0 Å². The van der Waals surface area contributed by atoms with Crippen molar-refractivity contribution < 1.29 is 23.4 Å². The summed E-state index contributed by atoms with van der Waals surface area (Å²) in [5.74, 6) is 0.914. The molecule has 45 heavy (non-hydrogen) atoms. The molecule has 0 saturated carbocycles. The molecule has 2 fully saturated rings. The van der Waals surface area contributed by atoms with E-state index < -0.39 is 0 Å². The summed E-state index contributed by atoms with van der Waals surface area (Å²) in [5, 5.41) is 9.62. The lowest BCUT2D eigenvalue weighted by molar-refractivity contribution is -0.116. The van der Waals surface area contributed by atoms with Gasteiger partial charge in [-0.15, -0.1) is 0 Å². The van der Waals surface area contributed by atoms with E-state index in [1.807, 2.05) is 47.2 Å². The third-order valence-corrected chi connectivity index (χ3v) is 8.23. The van der Waals surface area contributed by atoms with Crippen molar-refractivity contribution in [3.8, 4) is 5.75 Å². The molecule has 0 radical (unpaired) electrons. The Hall–Kier alpha value is -4.71. The average Bonchev–Trinajstić information content (AvgIpc) is 3.64. The van der Waals surface area contributed by atoms with Crippen molar-refractivity contribution in [3.63, 3.8) is 0 Å². The summed E-state index contributed by atoms with van der Waals surface area (Å²) in [7, 11) is 1.59. The molecule has 5 aromatic rings. The quantitative estimate of drug-likeness (QED) is 0.226. The molecule has 4 heterocycles. The van der Waals surface area contributed by atoms with Crippen LogP contribution in [-0.4, -0.2) is 82.6 Å². The number of hydrogen-bond acceptors (Lipinski definition) is 9. The number of halogens is 1. The molecule has 2 aliphatic heterocycles. The minimum Gasteiger partial charge on any atom is -0.496 e. The molecular weight excluding hydrogens is 575 g/mol. The second-order valence-corrected chi connectivity index (χ2v) is 11.3. The smallest absolute Gasteiger partial charge is 0.159 e. The summed E-state index contributed by atoms with van der Waals surface area (Å²) in [6.07, 6.45) is 7.23. The minimum absolute atomic E-state index is 0.0242. The number of anilines is 2. The van der Waals surface area contributed by atoms with Gasteiger partial charge in [0.2, 0.25) is 0 Å². The maximum Gasteiger partial charge on any atom is 0.159 e. The van der Waals surface area contributed by atoms with E-state index in [0.29, 0.717) is 43.4 Å². The number of ketones is 1. The number of rotatable bonds is 10. The molecule has 0 spiro atoms. The fourth-order valence-electron chi connectivity index (χ4n) is 6.06. The normalized spacial score (nSPS) is 18.5. The van der Waals surface area contributed by atoms with Gasteiger partial charge < -0.3 is 19.5 Å². The zero-order valence-electron chi connectivity index (χ0n) is 24.9. The van der Waals surface area contributed by atoms with Crippen LogP contribution in [0.5, 0.6) is 5.75 Å². The highest BCUT2D eigenvalue weighted by Crippen LogP contribution is 2.31. The van der Waals surface area contributed by atoms with E-state index in [4.69, 9.17) is 14.2 Å². The van der Waals surface area contributed by atoms with Gasteiger partial charge in [-0.2, -0.15) is 5.10 Å². The van der Waals surface area contributed by atoms with Crippen molar-refractivity contribution in [2.24, 2.45) is 0 Å². The first-order valence-corrected chi connectivity index (χ1v) is 15.0. The van der Waals surface area contributed by atoms with Crippen LogP contribution in [0.15, 0.2) is 79.3 Å². The highest BCUT2D eigenvalue weighted by Gasteiger charge is 2.35. The van der Waals surface area contributed by atoms with Crippen LogP contribution in [0, 0.1) is 5.82 Å². The fourth-order valence-corrected chi connectivity index (χ4v) is 6.06. The van der Waals surface area contributed by atoms with E-state index in [-0.39, 0.29) is 30.2 Å². The van der Waals surface area contributed by atoms with Crippen molar-refractivity contribution in [2.75, 3.05) is 45.3 Å². The van der Waals surface area contributed by atoms with E-state index in [2.05, 4.69) is 25.3 Å². The van der Waals surface area contributed by atoms with E-state index in [9.17, 15) is 9.18 Å². The number of aromatic nitrogens is 4. The maximum atomic E-state index is 13.7. The van der Waals surface area contributed by atoms with Crippen molar-refractivity contribution in [1.29, 1.82) is 0 Å². The molecule has 3 aromatic carbocycles. The van der Waals surface area contributed by atoms with Gasteiger partial charge in [0.15, 0.2) is 5.78 Å². The van der Waals surface area contributed by atoms with Gasteiger partial charge in [-0.25, -0.2) is 14.4 Å². The van der Waals surface area contributed by atoms with E-state index in [1.165, 1.54) is 18.5 Å². The van der Waals surface area contributed by atoms with Crippen molar-refractivity contribution in [2.45, 2.75) is 25.2 Å². The second kappa shape index (κ2) is 12.7. The van der Waals surface area contributed by atoms with Crippen LogP contribution in [-0.2, 0) is 27.2 Å². The number of benzene rings is 3. The van der Waals surface area contributed by atoms with Crippen LogP contribution in [0.1, 0.15) is 11.1 Å². The number of likely N-dealkylation sites (tertiary alicyclic amines) is 1. The molecule has 0 amide bonds. The minimum atomic E-state index is -0.268. The Morgan fingerprint density at radius 2 is 1.93 bits per heavy atom. The molecule has 2 aromatic heterocycles. The molecule has 0 bridgehead atoms. The molecule has 0 unspecified atom stereocenters. The number of methoxy groups -OCH3 is 1. The molecule has 10 nitrogen and oxygen atoms in total. The van der Waals surface area contributed by atoms with Crippen LogP contribution >= 0.6 is 0 Å². The number of allylic oxidation sites excluding steroid dienone is 1. The Bertz CT molecular complexity index is 1880. The van der Waals surface area contributed by atoms with Gasteiger partial charge in [0.05, 0.1) is 56.3 Å². The van der Waals surface area contributed by atoms with Gasteiger partial charge in [-0.3, -0.25) is 14.4 Å². The van der Waals surface area contributed by atoms with Crippen LogP contribution in [0.2, 0.25) is 0 Å².